The van der Waals surface area contributed by atoms with E-state index in [0.717, 1.165) is 4.60 Å². The molecule has 1 heterocycles. The number of rotatable bonds is 3. The van der Waals surface area contributed by atoms with Crippen LogP contribution in [0.3, 0.4) is 0 Å². The highest BCUT2D eigenvalue weighted by Crippen LogP contribution is 2.20. The maximum Gasteiger partial charge on any atom is 0.0855 e. The van der Waals surface area contributed by atoms with E-state index in [1.807, 2.05) is 0 Å². The van der Waals surface area contributed by atoms with Gasteiger partial charge in [0.2, 0.25) is 0 Å². The summed E-state index contributed by atoms with van der Waals surface area (Å²) in [7, 11) is 0. The predicted molar refractivity (Wildman–Crippen MR) is 51.8 cm³/mol. The van der Waals surface area contributed by atoms with Crippen molar-refractivity contribution in [3.63, 3.8) is 0 Å². The number of aromatic amines is 1. The Morgan fingerprint density at radius 1 is 1.55 bits per heavy atom. The van der Waals surface area contributed by atoms with Crippen LogP contribution in [-0.4, -0.2) is 4.98 Å². The molecule has 0 radical (unpaired) electrons. The third-order valence-electron chi connectivity index (χ3n) is 1.94. The molecule has 2 heteroatoms. The molecular weight excluding hydrogens is 202 g/mol. The number of halogens is 1. The van der Waals surface area contributed by atoms with Gasteiger partial charge in [0.15, 0.2) is 0 Å². The third kappa shape index (κ3) is 2.09. The zero-order valence-corrected chi connectivity index (χ0v) is 8.66. The zero-order valence-electron chi connectivity index (χ0n) is 7.08. The molecule has 0 spiro atoms. The molecule has 0 amide bonds. The van der Waals surface area contributed by atoms with Gasteiger partial charge in [-0.25, -0.2) is 0 Å². The van der Waals surface area contributed by atoms with Crippen LogP contribution in [0.25, 0.3) is 0 Å². The summed E-state index contributed by atoms with van der Waals surface area (Å²) < 4.78 is 1.16. The van der Waals surface area contributed by atoms with Gasteiger partial charge in [0.25, 0.3) is 0 Å². The molecule has 0 bridgehead atoms. The molecule has 0 fully saturated rings. The smallest absolute Gasteiger partial charge is 0.0855 e. The van der Waals surface area contributed by atoms with Crippen molar-refractivity contribution in [1.82, 2.24) is 4.98 Å². The highest BCUT2D eigenvalue weighted by Gasteiger charge is 2.03. The van der Waals surface area contributed by atoms with E-state index in [4.69, 9.17) is 0 Å². The first-order valence-corrected chi connectivity index (χ1v) is 4.87. The van der Waals surface area contributed by atoms with Crippen LogP contribution >= 0.6 is 15.9 Å². The van der Waals surface area contributed by atoms with Crippen LogP contribution in [0.15, 0.2) is 10.8 Å². The molecule has 62 valence electrons. The SMILES string of the molecule is CCCCc1c(C)c[nH]c1Br. The summed E-state index contributed by atoms with van der Waals surface area (Å²) in [6, 6.07) is 0. The molecule has 0 saturated carbocycles. The number of unbranched alkanes of at least 4 members (excludes halogenated alkanes) is 1. The van der Waals surface area contributed by atoms with Gasteiger partial charge in [-0.1, -0.05) is 13.3 Å². The van der Waals surface area contributed by atoms with Gasteiger partial charge in [-0.2, -0.15) is 0 Å². The quantitative estimate of drug-likeness (QED) is 0.796. The summed E-state index contributed by atoms with van der Waals surface area (Å²) in [5.41, 5.74) is 2.80. The Bertz CT molecular complexity index is 208. The average molecular weight is 216 g/mol. The van der Waals surface area contributed by atoms with E-state index in [1.165, 1.54) is 30.4 Å². The van der Waals surface area contributed by atoms with Gasteiger partial charge < -0.3 is 4.98 Å². The number of aromatic nitrogens is 1. The minimum atomic E-state index is 1.16. The Kier molecular flexibility index (Phi) is 3.18. The van der Waals surface area contributed by atoms with Crippen LogP contribution in [0, 0.1) is 6.92 Å². The van der Waals surface area contributed by atoms with Crippen LogP contribution in [0.2, 0.25) is 0 Å². The second-order valence-corrected chi connectivity index (χ2v) is 3.66. The van der Waals surface area contributed by atoms with Gasteiger partial charge in [0.05, 0.1) is 4.60 Å². The zero-order chi connectivity index (χ0) is 8.27. The van der Waals surface area contributed by atoms with Gasteiger partial charge in [-0.15, -0.1) is 0 Å². The first kappa shape index (κ1) is 8.85. The molecule has 1 nitrogen and oxygen atoms in total. The maximum absolute atomic E-state index is 3.49. The topological polar surface area (TPSA) is 15.8 Å². The number of nitrogens with one attached hydrogen (secondary N) is 1. The lowest BCUT2D eigenvalue weighted by Gasteiger charge is -1.98. The Labute approximate surface area is 76.3 Å². The van der Waals surface area contributed by atoms with Crippen molar-refractivity contribution >= 4 is 15.9 Å². The molecule has 1 rings (SSSR count). The Morgan fingerprint density at radius 2 is 2.27 bits per heavy atom. The number of aryl methyl sites for hydroxylation is 1. The predicted octanol–water partition coefficient (Wildman–Crippen LogP) is 3.43. The standard InChI is InChI=1S/C9H14BrN/c1-3-4-5-8-7(2)6-11-9(8)10/h6,11H,3-5H2,1-2H3. The summed E-state index contributed by atoms with van der Waals surface area (Å²) >= 11 is 3.49. The molecule has 0 saturated heterocycles. The average Bonchev–Trinajstić information content (AvgIpc) is 2.29. The molecule has 11 heavy (non-hydrogen) atoms. The van der Waals surface area contributed by atoms with Crippen LogP contribution in [-0.2, 0) is 6.42 Å². The molecule has 0 atom stereocenters. The van der Waals surface area contributed by atoms with Crippen molar-refractivity contribution in [1.29, 1.82) is 0 Å². The van der Waals surface area contributed by atoms with Gasteiger partial charge in [0.1, 0.15) is 0 Å². The van der Waals surface area contributed by atoms with Crippen LogP contribution in [0.4, 0.5) is 0 Å². The maximum atomic E-state index is 3.49. The van der Waals surface area contributed by atoms with Crippen LogP contribution in [0.5, 0.6) is 0 Å². The van der Waals surface area contributed by atoms with Gasteiger partial charge in [-0.05, 0) is 46.8 Å². The lowest BCUT2D eigenvalue weighted by atomic mass is 10.1. The van der Waals surface area contributed by atoms with Crippen molar-refractivity contribution in [2.24, 2.45) is 0 Å². The minimum Gasteiger partial charge on any atom is -0.356 e. The molecule has 0 aromatic carbocycles. The van der Waals surface area contributed by atoms with Crippen molar-refractivity contribution in [3.05, 3.63) is 21.9 Å². The largest absolute Gasteiger partial charge is 0.356 e. The van der Waals surface area contributed by atoms with Crippen molar-refractivity contribution in [3.8, 4) is 0 Å². The second kappa shape index (κ2) is 3.96. The van der Waals surface area contributed by atoms with E-state index in [9.17, 15) is 0 Å². The number of hydrogen-bond acceptors (Lipinski definition) is 0. The fourth-order valence-electron chi connectivity index (χ4n) is 1.18. The minimum absolute atomic E-state index is 1.16. The molecule has 1 N–H and O–H groups in total. The van der Waals surface area contributed by atoms with Gasteiger partial charge in [-0.3, -0.25) is 0 Å². The molecular formula is C9H14BrN. The van der Waals surface area contributed by atoms with E-state index in [1.54, 1.807) is 0 Å². The fourth-order valence-corrected chi connectivity index (χ4v) is 1.80. The summed E-state index contributed by atoms with van der Waals surface area (Å²) in [6.07, 6.45) is 5.77. The van der Waals surface area contributed by atoms with E-state index in [0.29, 0.717) is 0 Å². The number of H-pyrrole nitrogens is 1. The summed E-state index contributed by atoms with van der Waals surface area (Å²) in [5, 5.41) is 0. The monoisotopic (exact) mass is 215 g/mol. The first-order valence-electron chi connectivity index (χ1n) is 4.08. The van der Waals surface area contributed by atoms with Crippen LogP contribution in [0.1, 0.15) is 30.9 Å². The Morgan fingerprint density at radius 3 is 2.73 bits per heavy atom. The molecule has 0 unspecified atom stereocenters. The van der Waals surface area contributed by atoms with E-state index < -0.39 is 0 Å². The first-order chi connectivity index (χ1) is 5.25. The van der Waals surface area contributed by atoms with Crippen molar-refractivity contribution in [2.75, 3.05) is 0 Å². The highest BCUT2D eigenvalue weighted by molar-refractivity contribution is 9.10. The Balaban J connectivity index is 2.67. The second-order valence-electron chi connectivity index (χ2n) is 2.87. The number of hydrogen-bond donors (Lipinski definition) is 1. The van der Waals surface area contributed by atoms with E-state index in [2.05, 4.69) is 41.0 Å². The molecule has 0 aliphatic rings. The lowest BCUT2D eigenvalue weighted by Crippen LogP contribution is -1.85. The normalized spacial score (nSPS) is 10.5. The molecule has 0 aliphatic carbocycles. The van der Waals surface area contributed by atoms with Gasteiger partial charge >= 0.3 is 0 Å². The summed E-state index contributed by atoms with van der Waals surface area (Å²) in [6.45, 7) is 4.36. The molecule has 1 aromatic rings. The van der Waals surface area contributed by atoms with Gasteiger partial charge in [0, 0.05) is 6.20 Å². The Hall–Kier alpha value is -0.240. The molecule has 0 aliphatic heterocycles. The van der Waals surface area contributed by atoms with E-state index >= 15 is 0 Å². The summed E-state index contributed by atoms with van der Waals surface area (Å²) in [4.78, 5) is 3.16. The third-order valence-corrected chi connectivity index (χ3v) is 2.64. The van der Waals surface area contributed by atoms with Crippen molar-refractivity contribution < 1.29 is 0 Å². The summed E-state index contributed by atoms with van der Waals surface area (Å²) in [5.74, 6) is 0. The van der Waals surface area contributed by atoms with Crippen LogP contribution < -0.4 is 0 Å². The van der Waals surface area contributed by atoms with Crippen molar-refractivity contribution in [2.45, 2.75) is 33.1 Å². The molecule has 1 aromatic heterocycles. The lowest BCUT2D eigenvalue weighted by molar-refractivity contribution is 0.790. The highest BCUT2D eigenvalue weighted by atomic mass is 79.9. The van der Waals surface area contributed by atoms with E-state index in [-0.39, 0.29) is 0 Å². The fraction of sp³-hybridized carbons (Fsp3) is 0.556.